The summed E-state index contributed by atoms with van der Waals surface area (Å²) in [5.41, 5.74) is 0. The summed E-state index contributed by atoms with van der Waals surface area (Å²) in [7, 11) is 0. The maximum atomic E-state index is 11.7. The molecule has 1 fully saturated rings. The van der Waals surface area contributed by atoms with E-state index in [-0.39, 0.29) is 11.9 Å². The van der Waals surface area contributed by atoms with E-state index in [1.165, 1.54) is 25.7 Å². The molecule has 1 aliphatic rings. The van der Waals surface area contributed by atoms with Gasteiger partial charge in [-0.3, -0.25) is 4.79 Å². The maximum Gasteiger partial charge on any atom is 0.221 e. The molecule has 3 heteroatoms. The minimum absolute atomic E-state index is 0.191. The molecule has 3 unspecified atom stereocenters. The first-order chi connectivity index (χ1) is 8.11. The van der Waals surface area contributed by atoms with Crippen LogP contribution in [0.5, 0.6) is 0 Å². The van der Waals surface area contributed by atoms with Crippen molar-refractivity contribution < 1.29 is 4.79 Å². The molecule has 3 atom stereocenters. The third-order valence-corrected chi connectivity index (χ3v) is 3.68. The first-order valence-electron chi connectivity index (χ1n) is 7.11. The number of carbonyl (C=O) groups excluding carboxylic acids is 1. The molecule has 1 amide bonds. The average molecular weight is 240 g/mol. The molecule has 1 saturated carbocycles. The number of rotatable bonds is 6. The topological polar surface area (TPSA) is 41.1 Å². The van der Waals surface area contributed by atoms with Crippen molar-refractivity contribution in [1.82, 2.24) is 10.6 Å². The minimum atomic E-state index is 0.191. The lowest BCUT2D eigenvalue weighted by atomic mass is 9.82. The second-order valence-corrected chi connectivity index (χ2v) is 5.60. The maximum absolute atomic E-state index is 11.7. The van der Waals surface area contributed by atoms with Crippen LogP contribution in [0.1, 0.15) is 52.9 Å². The molecule has 0 saturated heterocycles. The normalized spacial score (nSPS) is 26.5. The molecule has 0 aromatic heterocycles. The highest BCUT2D eigenvalue weighted by Gasteiger charge is 2.19. The molecular weight excluding hydrogens is 212 g/mol. The Morgan fingerprint density at radius 2 is 2.18 bits per heavy atom. The zero-order chi connectivity index (χ0) is 12.7. The van der Waals surface area contributed by atoms with Crippen LogP contribution < -0.4 is 10.6 Å². The predicted molar refractivity (Wildman–Crippen MR) is 71.9 cm³/mol. The van der Waals surface area contributed by atoms with Crippen LogP contribution in [0.2, 0.25) is 0 Å². The summed E-state index contributed by atoms with van der Waals surface area (Å²) in [5.74, 6) is 1.74. The van der Waals surface area contributed by atoms with Gasteiger partial charge in [-0.25, -0.2) is 0 Å². The summed E-state index contributed by atoms with van der Waals surface area (Å²) in [6.07, 6.45) is 5.85. The molecule has 0 aromatic rings. The Bertz CT molecular complexity index is 230. The molecule has 0 heterocycles. The second-order valence-electron chi connectivity index (χ2n) is 5.60. The second kappa shape index (κ2) is 7.70. The highest BCUT2D eigenvalue weighted by Crippen LogP contribution is 2.27. The zero-order valence-electron chi connectivity index (χ0n) is 11.6. The predicted octanol–water partition coefficient (Wildman–Crippen LogP) is 2.32. The van der Waals surface area contributed by atoms with Gasteiger partial charge in [-0.1, -0.05) is 26.7 Å². The van der Waals surface area contributed by atoms with Crippen LogP contribution in [0.4, 0.5) is 0 Å². The molecule has 2 N–H and O–H groups in total. The lowest BCUT2D eigenvalue weighted by Gasteiger charge is -2.27. The summed E-state index contributed by atoms with van der Waals surface area (Å²) < 4.78 is 0. The van der Waals surface area contributed by atoms with Gasteiger partial charge in [0.15, 0.2) is 0 Å². The van der Waals surface area contributed by atoms with Crippen molar-refractivity contribution in [2.24, 2.45) is 11.8 Å². The Morgan fingerprint density at radius 3 is 2.82 bits per heavy atom. The summed E-state index contributed by atoms with van der Waals surface area (Å²) in [4.78, 5) is 11.7. The molecular formula is C14H28N2O. The molecule has 1 aliphatic carbocycles. The number of nitrogens with one attached hydrogen (secondary N) is 2. The van der Waals surface area contributed by atoms with E-state index in [0.717, 1.165) is 19.0 Å². The number of carbonyl (C=O) groups is 1. The first-order valence-corrected chi connectivity index (χ1v) is 7.11. The number of amides is 1. The Labute approximate surface area is 106 Å². The van der Waals surface area contributed by atoms with Crippen LogP contribution in [0.15, 0.2) is 0 Å². The fraction of sp³-hybridized carbons (Fsp3) is 0.929. The van der Waals surface area contributed by atoms with Gasteiger partial charge in [-0.05, 0) is 38.1 Å². The van der Waals surface area contributed by atoms with E-state index in [9.17, 15) is 4.79 Å². The molecule has 0 radical (unpaired) electrons. The van der Waals surface area contributed by atoms with Gasteiger partial charge in [0.2, 0.25) is 5.91 Å². The first kappa shape index (κ1) is 14.5. The average Bonchev–Trinajstić information content (AvgIpc) is 2.27. The van der Waals surface area contributed by atoms with Crippen molar-refractivity contribution in [1.29, 1.82) is 0 Å². The molecule has 3 nitrogen and oxygen atoms in total. The third-order valence-electron chi connectivity index (χ3n) is 3.68. The highest BCUT2D eigenvalue weighted by molar-refractivity contribution is 5.76. The quantitative estimate of drug-likeness (QED) is 0.748. The van der Waals surface area contributed by atoms with Crippen molar-refractivity contribution >= 4 is 5.91 Å². The third kappa shape index (κ3) is 6.06. The van der Waals surface area contributed by atoms with Gasteiger partial charge >= 0.3 is 0 Å². The van der Waals surface area contributed by atoms with E-state index in [0.29, 0.717) is 12.3 Å². The molecule has 0 bridgehead atoms. The lowest BCUT2D eigenvalue weighted by molar-refractivity contribution is -0.121. The SMILES string of the molecule is CCNC(C)CC(=O)NCC1CCCC(C)C1. The summed E-state index contributed by atoms with van der Waals surface area (Å²) in [6, 6.07) is 0.283. The van der Waals surface area contributed by atoms with Crippen LogP contribution in [0, 0.1) is 11.8 Å². The Hall–Kier alpha value is -0.570. The van der Waals surface area contributed by atoms with E-state index in [1.54, 1.807) is 0 Å². The largest absolute Gasteiger partial charge is 0.356 e. The van der Waals surface area contributed by atoms with Crippen molar-refractivity contribution in [3.63, 3.8) is 0 Å². The van der Waals surface area contributed by atoms with Crippen LogP contribution in [-0.4, -0.2) is 25.0 Å². The summed E-state index contributed by atoms with van der Waals surface area (Å²) >= 11 is 0. The molecule has 17 heavy (non-hydrogen) atoms. The molecule has 0 spiro atoms. The Balaban J connectivity index is 2.14. The van der Waals surface area contributed by atoms with E-state index < -0.39 is 0 Å². The van der Waals surface area contributed by atoms with E-state index >= 15 is 0 Å². The fourth-order valence-corrected chi connectivity index (χ4v) is 2.77. The van der Waals surface area contributed by atoms with Gasteiger partial charge in [0, 0.05) is 19.0 Å². The van der Waals surface area contributed by atoms with Crippen LogP contribution in [0.3, 0.4) is 0 Å². The number of hydrogen-bond acceptors (Lipinski definition) is 2. The van der Waals surface area contributed by atoms with Gasteiger partial charge in [-0.15, -0.1) is 0 Å². The minimum Gasteiger partial charge on any atom is -0.356 e. The lowest BCUT2D eigenvalue weighted by Crippen LogP contribution is -2.36. The Morgan fingerprint density at radius 1 is 1.41 bits per heavy atom. The van der Waals surface area contributed by atoms with Gasteiger partial charge in [0.25, 0.3) is 0 Å². The van der Waals surface area contributed by atoms with E-state index in [4.69, 9.17) is 0 Å². The molecule has 0 aliphatic heterocycles. The monoisotopic (exact) mass is 240 g/mol. The van der Waals surface area contributed by atoms with Crippen LogP contribution in [0.25, 0.3) is 0 Å². The van der Waals surface area contributed by atoms with Gasteiger partial charge in [0.1, 0.15) is 0 Å². The van der Waals surface area contributed by atoms with Gasteiger partial charge in [0.05, 0.1) is 0 Å². The molecule has 0 aromatic carbocycles. The van der Waals surface area contributed by atoms with Crippen LogP contribution in [-0.2, 0) is 4.79 Å². The van der Waals surface area contributed by atoms with Crippen molar-refractivity contribution in [3.8, 4) is 0 Å². The van der Waals surface area contributed by atoms with Gasteiger partial charge in [-0.2, -0.15) is 0 Å². The van der Waals surface area contributed by atoms with Crippen molar-refractivity contribution in [2.75, 3.05) is 13.1 Å². The van der Waals surface area contributed by atoms with Crippen molar-refractivity contribution in [2.45, 2.75) is 58.9 Å². The smallest absolute Gasteiger partial charge is 0.221 e. The highest BCUT2D eigenvalue weighted by atomic mass is 16.1. The molecule has 1 rings (SSSR count). The molecule has 100 valence electrons. The van der Waals surface area contributed by atoms with Crippen LogP contribution >= 0.6 is 0 Å². The summed E-state index contributed by atoms with van der Waals surface area (Å²) in [6.45, 7) is 8.25. The fourth-order valence-electron chi connectivity index (χ4n) is 2.77. The Kier molecular flexibility index (Phi) is 6.56. The van der Waals surface area contributed by atoms with E-state index in [1.807, 2.05) is 0 Å². The number of hydrogen-bond donors (Lipinski definition) is 2. The van der Waals surface area contributed by atoms with Crippen molar-refractivity contribution in [3.05, 3.63) is 0 Å². The van der Waals surface area contributed by atoms with Gasteiger partial charge < -0.3 is 10.6 Å². The zero-order valence-corrected chi connectivity index (χ0v) is 11.6. The van der Waals surface area contributed by atoms with E-state index in [2.05, 4.69) is 31.4 Å². The standard InChI is InChI=1S/C14H28N2O/c1-4-15-12(3)9-14(17)16-10-13-7-5-6-11(2)8-13/h11-13,15H,4-10H2,1-3H3,(H,16,17). The summed E-state index contributed by atoms with van der Waals surface area (Å²) in [5, 5.41) is 6.34.